The molecule has 1 saturated heterocycles. The fourth-order valence-electron chi connectivity index (χ4n) is 5.42. The molecule has 17 heteroatoms. The van der Waals surface area contributed by atoms with Crippen LogP contribution in [-0.2, 0) is 33.9 Å². The summed E-state index contributed by atoms with van der Waals surface area (Å²) in [5.74, 6) is -2.99. The molecular formula is C36H43F3N4O9S. The van der Waals surface area contributed by atoms with Crippen LogP contribution >= 0.6 is 0 Å². The van der Waals surface area contributed by atoms with E-state index in [1.807, 2.05) is 11.6 Å². The van der Waals surface area contributed by atoms with Crippen LogP contribution in [-0.4, -0.2) is 120 Å². The van der Waals surface area contributed by atoms with Crippen molar-refractivity contribution in [2.45, 2.75) is 19.5 Å². The molecule has 2 N–H and O–H groups in total. The van der Waals surface area contributed by atoms with Crippen LogP contribution in [0.15, 0.2) is 54.9 Å². The van der Waals surface area contributed by atoms with Gasteiger partial charge in [0, 0.05) is 48.6 Å². The lowest BCUT2D eigenvalue weighted by Gasteiger charge is -2.18. The quantitative estimate of drug-likeness (QED) is 0.0788. The molecular weight excluding hydrogens is 721 g/mol. The first-order valence-corrected chi connectivity index (χ1v) is 18.7. The number of pyridine rings is 1. The van der Waals surface area contributed by atoms with Gasteiger partial charge in [-0.2, -0.15) is 12.7 Å². The second-order valence-corrected chi connectivity index (χ2v) is 13.5. The smallest absolute Gasteiger partial charge is 0.301 e. The Balaban J connectivity index is 1.09. The topological polar surface area (TPSA) is 151 Å². The number of benzene rings is 2. The number of halogens is 3. The van der Waals surface area contributed by atoms with Gasteiger partial charge in [0.1, 0.15) is 30.0 Å². The predicted octanol–water partition coefficient (Wildman–Crippen LogP) is 4.92. The lowest BCUT2D eigenvalue weighted by atomic mass is 10.00. The Hall–Kier alpha value is -4.10. The van der Waals surface area contributed by atoms with Crippen LogP contribution in [0.5, 0.6) is 5.75 Å². The van der Waals surface area contributed by atoms with E-state index in [9.17, 15) is 22.0 Å². The molecule has 288 valence electrons. The first-order valence-electron chi connectivity index (χ1n) is 17.2. The number of aromatic nitrogens is 2. The number of anilines is 1. The fraction of sp³-hybridized carbons (Fsp3) is 0.444. The lowest BCUT2D eigenvalue weighted by Crippen LogP contribution is -2.34. The second kappa shape index (κ2) is 19.8. The van der Waals surface area contributed by atoms with Crippen LogP contribution in [0.1, 0.15) is 29.3 Å². The highest BCUT2D eigenvalue weighted by atomic mass is 32.2. The van der Waals surface area contributed by atoms with E-state index in [1.54, 1.807) is 36.5 Å². The maximum absolute atomic E-state index is 15.6. The van der Waals surface area contributed by atoms with Crippen molar-refractivity contribution in [3.63, 3.8) is 0 Å². The van der Waals surface area contributed by atoms with E-state index in [2.05, 4.69) is 9.97 Å². The van der Waals surface area contributed by atoms with Crippen LogP contribution in [0.2, 0.25) is 0 Å². The average molecular weight is 765 g/mol. The van der Waals surface area contributed by atoms with Crippen molar-refractivity contribution >= 4 is 32.7 Å². The summed E-state index contributed by atoms with van der Waals surface area (Å²) in [6.07, 6.45) is 1.53. The van der Waals surface area contributed by atoms with Crippen LogP contribution in [0.3, 0.4) is 0 Å². The van der Waals surface area contributed by atoms with Crippen LogP contribution in [0.4, 0.5) is 18.9 Å². The molecule has 0 spiro atoms. The Morgan fingerprint density at radius 2 is 1.51 bits per heavy atom. The maximum Gasteiger partial charge on any atom is 0.301 e. The molecule has 1 atom stereocenters. The van der Waals surface area contributed by atoms with Crippen molar-refractivity contribution in [2.75, 3.05) is 90.5 Å². The molecule has 1 aliphatic rings. The normalized spacial score (nSPS) is 15.0. The number of nitrogens with one attached hydrogen (secondary N) is 2. The molecule has 53 heavy (non-hydrogen) atoms. The highest BCUT2D eigenvalue weighted by Gasteiger charge is 2.33. The zero-order chi connectivity index (χ0) is 37.6. The van der Waals surface area contributed by atoms with Gasteiger partial charge < -0.3 is 33.4 Å². The minimum atomic E-state index is -4.34. The molecule has 2 aromatic heterocycles. The van der Waals surface area contributed by atoms with E-state index < -0.39 is 45.0 Å². The van der Waals surface area contributed by atoms with E-state index >= 15 is 4.39 Å². The molecule has 0 unspecified atom stereocenters. The van der Waals surface area contributed by atoms with E-state index in [-0.39, 0.29) is 25.1 Å². The van der Waals surface area contributed by atoms with Crippen molar-refractivity contribution in [1.82, 2.24) is 14.3 Å². The summed E-state index contributed by atoms with van der Waals surface area (Å²) in [6, 6.07) is 10.5. The van der Waals surface area contributed by atoms with Gasteiger partial charge in [-0.15, -0.1) is 0 Å². The Morgan fingerprint density at radius 1 is 0.887 bits per heavy atom. The summed E-state index contributed by atoms with van der Waals surface area (Å²) in [4.78, 5) is 20.8. The van der Waals surface area contributed by atoms with Gasteiger partial charge in [0.2, 0.25) is 5.78 Å². The summed E-state index contributed by atoms with van der Waals surface area (Å²) in [5.41, 5.74) is 0.0115. The van der Waals surface area contributed by atoms with Crippen molar-refractivity contribution < 1.29 is 54.8 Å². The van der Waals surface area contributed by atoms with Gasteiger partial charge in [-0.05, 0) is 49.2 Å². The summed E-state index contributed by atoms with van der Waals surface area (Å²) in [7, 11) is -4.34. The molecule has 5 rings (SSSR count). The van der Waals surface area contributed by atoms with Crippen molar-refractivity contribution in [3.05, 3.63) is 77.6 Å². The summed E-state index contributed by atoms with van der Waals surface area (Å²) >= 11 is 0. The van der Waals surface area contributed by atoms with Gasteiger partial charge in [0.05, 0.1) is 70.7 Å². The van der Waals surface area contributed by atoms with Crippen LogP contribution in [0, 0.1) is 11.6 Å². The maximum atomic E-state index is 15.6. The number of ketones is 1. The van der Waals surface area contributed by atoms with Crippen LogP contribution < -0.4 is 9.46 Å². The van der Waals surface area contributed by atoms with Gasteiger partial charge in [-0.25, -0.2) is 18.2 Å². The van der Waals surface area contributed by atoms with E-state index in [0.717, 1.165) is 22.0 Å². The van der Waals surface area contributed by atoms with Crippen LogP contribution in [0.25, 0.3) is 22.2 Å². The molecule has 0 saturated carbocycles. The predicted molar refractivity (Wildman–Crippen MR) is 190 cm³/mol. The number of alkyl halides is 1. The third-order valence-corrected chi connectivity index (χ3v) is 9.63. The molecule has 1 fully saturated rings. The standard InChI is InChI=1S/C36H43F3N4O9S/c1-2-47-11-12-48-13-14-49-15-16-50-17-18-51-19-20-52-28-5-3-25(4-6-28)26-21-29-30(23-41-36(29)40-22-26)35(44)33-31(38)7-8-32(34(33)39)42-53(45,46)43-10-9-27(37)24-43/h3-8,21-23,27,42H,2,9-20,24H2,1H3,(H,40,41)/t27-/m1/s1. The Labute approximate surface area is 305 Å². The van der Waals surface area contributed by atoms with Crippen molar-refractivity contribution in [2.24, 2.45) is 0 Å². The Morgan fingerprint density at radius 3 is 2.11 bits per heavy atom. The number of nitrogens with zero attached hydrogens (tertiary/aromatic N) is 2. The summed E-state index contributed by atoms with van der Waals surface area (Å²) in [5, 5.41) is 0.302. The number of carbonyl (C=O) groups excluding carboxylic acids is 1. The third-order valence-electron chi connectivity index (χ3n) is 8.14. The van der Waals surface area contributed by atoms with E-state index in [1.165, 1.54) is 6.20 Å². The first kappa shape index (κ1) is 40.1. The highest BCUT2D eigenvalue weighted by molar-refractivity contribution is 7.90. The SMILES string of the molecule is CCOCCOCCOCCOCCOCCOc1ccc(-c2cnc3[nH]cc(C(=O)c4c(F)ccc(NS(=O)(=O)N5CC[C@@H](F)C5)c4F)c3c2)cc1. The number of rotatable bonds is 23. The van der Waals surface area contributed by atoms with E-state index in [4.69, 9.17) is 28.4 Å². The number of H-pyrrole nitrogens is 1. The highest BCUT2D eigenvalue weighted by Crippen LogP contribution is 2.31. The monoisotopic (exact) mass is 764 g/mol. The minimum Gasteiger partial charge on any atom is -0.491 e. The average Bonchev–Trinajstić information content (AvgIpc) is 3.79. The number of carbonyl (C=O) groups is 1. The molecule has 4 aromatic rings. The zero-order valence-electron chi connectivity index (χ0n) is 29.3. The number of hydrogen-bond donors (Lipinski definition) is 2. The molecule has 0 bridgehead atoms. The number of fused-ring (bicyclic) bond motifs is 1. The van der Waals surface area contributed by atoms with Gasteiger partial charge in [0.15, 0.2) is 5.82 Å². The zero-order valence-corrected chi connectivity index (χ0v) is 30.1. The fourth-order valence-corrected chi connectivity index (χ4v) is 6.69. The number of hydrogen-bond acceptors (Lipinski definition) is 10. The number of ether oxygens (including phenoxy) is 6. The molecule has 0 aliphatic carbocycles. The summed E-state index contributed by atoms with van der Waals surface area (Å²) < 4.78 is 105. The minimum absolute atomic E-state index is 0.00369. The lowest BCUT2D eigenvalue weighted by molar-refractivity contribution is -0.0119. The van der Waals surface area contributed by atoms with Gasteiger partial charge in [0.25, 0.3) is 0 Å². The molecule has 0 amide bonds. The Kier molecular flexibility index (Phi) is 15.0. The van der Waals surface area contributed by atoms with E-state index in [0.29, 0.717) is 95.0 Å². The van der Waals surface area contributed by atoms with Gasteiger partial charge in [-0.3, -0.25) is 9.52 Å². The molecule has 13 nitrogen and oxygen atoms in total. The summed E-state index contributed by atoms with van der Waals surface area (Å²) in [6.45, 7) is 6.69. The largest absolute Gasteiger partial charge is 0.491 e. The Bertz CT molecular complexity index is 1900. The first-order chi connectivity index (χ1) is 25.7. The molecule has 3 heterocycles. The molecule has 1 aliphatic heterocycles. The van der Waals surface area contributed by atoms with Gasteiger partial charge >= 0.3 is 10.2 Å². The molecule has 2 aromatic carbocycles. The van der Waals surface area contributed by atoms with Crippen molar-refractivity contribution in [1.29, 1.82) is 0 Å². The van der Waals surface area contributed by atoms with Gasteiger partial charge in [-0.1, -0.05) is 12.1 Å². The third kappa shape index (κ3) is 11.2. The second-order valence-electron chi connectivity index (χ2n) is 11.8. The van der Waals surface area contributed by atoms with Crippen molar-refractivity contribution in [3.8, 4) is 16.9 Å². The molecule has 0 radical (unpaired) electrons. The number of aromatic amines is 1.